The molecule has 0 aromatic heterocycles. The van der Waals surface area contributed by atoms with Crippen LogP contribution in [0.25, 0.3) is 0 Å². The summed E-state index contributed by atoms with van der Waals surface area (Å²) in [4.78, 5) is 21.1. The molecule has 1 aromatic rings. The maximum Gasteiger partial charge on any atom is 0.338 e. The van der Waals surface area contributed by atoms with Crippen molar-refractivity contribution in [2.24, 2.45) is 0 Å². The number of carbonyl (C=O) groups excluding carboxylic acids is 2. The highest BCUT2D eigenvalue weighted by molar-refractivity contribution is 5.89. The normalized spacial score (nSPS) is 9.23. The van der Waals surface area contributed by atoms with Crippen LogP contribution in [0.5, 0.6) is 0 Å². The van der Waals surface area contributed by atoms with E-state index in [9.17, 15) is 9.59 Å². The van der Waals surface area contributed by atoms with Gasteiger partial charge in [-0.3, -0.25) is 0 Å². The summed E-state index contributed by atoms with van der Waals surface area (Å²) in [5.74, 6) is -0.387. The van der Waals surface area contributed by atoms with Crippen LogP contribution in [-0.2, 0) is 9.53 Å². The molecule has 0 bridgehead atoms. The number of ether oxygens (including phenoxy) is 1. The lowest BCUT2D eigenvalue weighted by molar-refractivity contribution is -0.108. The van der Waals surface area contributed by atoms with E-state index in [4.69, 9.17) is 4.74 Å². The minimum atomic E-state index is -0.387. The summed E-state index contributed by atoms with van der Waals surface area (Å²) >= 11 is 0. The number of hydrogen-bond acceptors (Lipinski definition) is 3. The van der Waals surface area contributed by atoms with E-state index in [1.807, 2.05) is 6.07 Å². The van der Waals surface area contributed by atoms with Crippen molar-refractivity contribution in [3.8, 4) is 0 Å². The van der Waals surface area contributed by atoms with E-state index in [2.05, 4.69) is 0 Å². The Morgan fingerprint density at radius 3 is 2.62 bits per heavy atom. The summed E-state index contributed by atoms with van der Waals surface area (Å²) in [6.45, 7) is 0.150. The van der Waals surface area contributed by atoms with Gasteiger partial charge in [-0.05, 0) is 12.1 Å². The average molecular weight is 178 g/mol. The zero-order valence-electron chi connectivity index (χ0n) is 7.10. The number of rotatable bonds is 4. The van der Waals surface area contributed by atoms with Gasteiger partial charge in [0.15, 0.2) is 0 Å². The second-order valence-corrected chi connectivity index (χ2v) is 2.46. The third-order valence-corrected chi connectivity index (χ3v) is 1.48. The smallest absolute Gasteiger partial charge is 0.338 e. The second kappa shape index (κ2) is 5.09. The second-order valence-electron chi connectivity index (χ2n) is 2.46. The highest BCUT2D eigenvalue weighted by Crippen LogP contribution is 2.00. The van der Waals surface area contributed by atoms with E-state index in [1.165, 1.54) is 0 Å². The third kappa shape index (κ3) is 3.07. The molecular formula is C10H10O3. The van der Waals surface area contributed by atoms with Crippen molar-refractivity contribution in [1.29, 1.82) is 0 Å². The lowest BCUT2D eigenvalue weighted by Gasteiger charge is -2.01. The van der Waals surface area contributed by atoms with Crippen LogP contribution in [0.2, 0.25) is 0 Å². The van der Waals surface area contributed by atoms with Gasteiger partial charge in [-0.2, -0.15) is 0 Å². The van der Waals surface area contributed by atoms with E-state index in [1.54, 1.807) is 24.3 Å². The van der Waals surface area contributed by atoms with Gasteiger partial charge < -0.3 is 9.53 Å². The van der Waals surface area contributed by atoms with Gasteiger partial charge in [-0.25, -0.2) is 4.79 Å². The molecule has 68 valence electrons. The minimum absolute atomic E-state index is 0.150. The first-order chi connectivity index (χ1) is 6.34. The van der Waals surface area contributed by atoms with Gasteiger partial charge >= 0.3 is 5.97 Å². The Balaban J connectivity index is 2.45. The minimum Gasteiger partial charge on any atom is -0.462 e. The van der Waals surface area contributed by atoms with Crippen molar-refractivity contribution in [3.63, 3.8) is 0 Å². The molecule has 0 fully saturated rings. The molecule has 0 saturated heterocycles. The Morgan fingerprint density at radius 2 is 2.00 bits per heavy atom. The molecule has 0 radical (unpaired) electrons. The van der Waals surface area contributed by atoms with Gasteiger partial charge in [0, 0.05) is 6.42 Å². The van der Waals surface area contributed by atoms with Crippen LogP contribution in [0.1, 0.15) is 16.8 Å². The summed E-state index contributed by atoms with van der Waals surface area (Å²) in [6, 6.07) is 8.68. The standard InChI is InChI=1S/C10H10O3/c11-7-4-8-13-10(12)9-5-2-1-3-6-9/h1-3,5-7H,4,8H2. The molecule has 0 heterocycles. The average Bonchev–Trinajstić information content (AvgIpc) is 2.19. The summed E-state index contributed by atoms with van der Waals surface area (Å²) in [6.07, 6.45) is 0.969. The highest BCUT2D eigenvalue weighted by Gasteiger charge is 2.04. The quantitative estimate of drug-likeness (QED) is 0.398. The molecular weight excluding hydrogens is 168 g/mol. The van der Waals surface area contributed by atoms with Crippen molar-refractivity contribution in [2.75, 3.05) is 6.61 Å². The Labute approximate surface area is 76.3 Å². The SMILES string of the molecule is O=CCCOC(=O)c1ccccc1. The predicted molar refractivity (Wildman–Crippen MR) is 47.4 cm³/mol. The van der Waals surface area contributed by atoms with Crippen molar-refractivity contribution in [2.45, 2.75) is 6.42 Å². The van der Waals surface area contributed by atoms with E-state index in [0.29, 0.717) is 5.56 Å². The number of esters is 1. The fourth-order valence-corrected chi connectivity index (χ4v) is 0.857. The first-order valence-corrected chi connectivity index (χ1v) is 4.00. The lowest BCUT2D eigenvalue weighted by atomic mass is 10.2. The number of benzene rings is 1. The maximum atomic E-state index is 11.2. The van der Waals surface area contributed by atoms with Crippen molar-refractivity contribution < 1.29 is 14.3 Å². The Bertz CT molecular complexity index is 279. The summed E-state index contributed by atoms with van der Waals surface area (Å²) in [5, 5.41) is 0. The number of aldehydes is 1. The molecule has 0 aliphatic rings. The van der Waals surface area contributed by atoms with E-state index in [0.717, 1.165) is 6.29 Å². The van der Waals surface area contributed by atoms with Gasteiger partial charge in [0.25, 0.3) is 0 Å². The van der Waals surface area contributed by atoms with Crippen LogP contribution in [0.3, 0.4) is 0 Å². The highest BCUT2D eigenvalue weighted by atomic mass is 16.5. The first-order valence-electron chi connectivity index (χ1n) is 4.00. The zero-order chi connectivity index (χ0) is 9.52. The summed E-state index contributed by atoms with van der Waals surface area (Å²) in [5.41, 5.74) is 0.508. The molecule has 0 unspecified atom stereocenters. The van der Waals surface area contributed by atoms with Gasteiger partial charge in [-0.15, -0.1) is 0 Å². The largest absolute Gasteiger partial charge is 0.462 e. The molecule has 13 heavy (non-hydrogen) atoms. The van der Waals surface area contributed by atoms with Gasteiger partial charge in [0.2, 0.25) is 0 Å². The Morgan fingerprint density at radius 1 is 1.31 bits per heavy atom. The van der Waals surface area contributed by atoms with E-state index < -0.39 is 0 Å². The molecule has 0 saturated carbocycles. The number of hydrogen-bond donors (Lipinski definition) is 0. The lowest BCUT2D eigenvalue weighted by Crippen LogP contribution is -2.06. The van der Waals surface area contributed by atoms with Crippen molar-refractivity contribution in [3.05, 3.63) is 35.9 Å². The van der Waals surface area contributed by atoms with E-state index >= 15 is 0 Å². The molecule has 3 heteroatoms. The summed E-state index contributed by atoms with van der Waals surface area (Å²) in [7, 11) is 0. The topological polar surface area (TPSA) is 43.4 Å². The fourth-order valence-electron chi connectivity index (χ4n) is 0.857. The molecule has 0 atom stereocenters. The molecule has 0 amide bonds. The summed E-state index contributed by atoms with van der Waals surface area (Å²) < 4.78 is 4.80. The van der Waals surface area contributed by atoms with Gasteiger partial charge in [0.1, 0.15) is 6.29 Å². The molecule has 0 aliphatic heterocycles. The fraction of sp³-hybridized carbons (Fsp3) is 0.200. The Hall–Kier alpha value is -1.64. The monoisotopic (exact) mass is 178 g/mol. The maximum absolute atomic E-state index is 11.2. The number of carbonyl (C=O) groups is 2. The van der Waals surface area contributed by atoms with E-state index in [-0.39, 0.29) is 19.0 Å². The third-order valence-electron chi connectivity index (χ3n) is 1.48. The molecule has 1 aromatic carbocycles. The van der Waals surface area contributed by atoms with Crippen molar-refractivity contribution >= 4 is 12.3 Å². The first kappa shape index (κ1) is 9.45. The van der Waals surface area contributed by atoms with Gasteiger partial charge in [0.05, 0.1) is 12.2 Å². The van der Waals surface area contributed by atoms with Crippen LogP contribution in [-0.4, -0.2) is 18.9 Å². The predicted octanol–water partition coefficient (Wildman–Crippen LogP) is 1.43. The van der Waals surface area contributed by atoms with Crippen LogP contribution in [0.4, 0.5) is 0 Å². The van der Waals surface area contributed by atoms with Crippen LogP contribution in [0.15, 0.2) is 30.3 Å². The Kier molecular flexibility index (Phi) is 3.70. The van der Waals surface area contributed by atoms with Gasteiger partial charge in [-0.1, -0.05) is 18.2 Å². The van der Waals surface area contributed by atoms with Crippen LogP contribution in [0, 0.1) is 0 Å². The molecule has 0 spiro atoms. The zero-order valence-corrected chi connectivity index (χ0v) is 7.10. The van der Waals surface area contributed by atoms with Crippen molar-refractivity contribution in [1.82, 2.24) is 0 Å². The molecule has 0 N–H and O–H groups in total. The molecule has 0 aliphatic carbocycles. The molecule has 3 nitrogen and oxygen atoms in total. The molecule has 1 rings (SSSR count). The van der Waals surface area contributed by atoms with Crippen LogP contribution >= 0.6 is 0 Å². The van der Waals surface area contributed by atoms with Crippen LogP contribution < -0.4 is 0 Å².